The second-order valence-corrected chi connectivity index (χ2v) is 3.12. The smallest absolute Gasteiger partial charge is 0.257 e. The predicted octanol–water partition coefficient (Wildman–Crippen LogP) is 2.04. The van der Waals surface area contributed by atoms with Gasteiger partial charge in [0, 0.05) is 5.56 Å². The summed E-state index contributed by atoms with van der Waals surface area (Å²) in [5.41, 5.74) is 1.42. The number of benzene rings is 1. The maximum atomic E-state index is 12.8. The highest BCUT2D eigenvalue weighted by atomic mass is 19.1. The molecular weight excluding hydrogens is 211 g/mol. The fraction of sp³-hybridized carbons (Fsp3) is 0.0909. The number of halogens is 1. The van der Waals surface area contributed by atoms with E-state index in [0.717, 1.165) is 5.56 Å². The first kappa shape index (κ1) is 10.5. The van der Waals surface area contributed by atoms with Crippen LogP contribution in [0.2, 0.25) is 0 Å². The van der Waals surface area contributed by atoms with E-state index in [0.29, 0.717) is 11.5 Å². The van der Waals surface area contributed by atoms with Gasteiger partial charge in [-0.2, -0.15) is 4.98 Å². The van der Waals surface area contributed by atoms with Gasteiger partial charge in [-0.3, -0.25) is 0 Å². The van der Waals surface area contributed by atoms with E-state index in [4.69, 9.17) is 9.63 Å². The van der Waals surface area contributed by atoms with Crippen LogP contribution in [-0.4, -0.2) is 21.9 Å². The second kappa shape index (κ2) is 4.67. The Balaban J connectivity index is 2.23. The molecule has 0 atom stereocenters. The first-order valence-corrected chi connectivity index (χ1v) is 4.63. The van der Waals surface area contributed by atoms with E-state index >= 15 is 0 Å². The molecule has 5 heteroatoms. The predicted molar refractivity (Wildman–Crippen MR) is 55.9 cm³/mol. The van der Waals surface area contributed by atoms with Crippen molar-refractivity contribution in [1.29, 1.82) is 0 Å². The summed E-state index contributed by atoms with van der Waals surface area (Å²) in [5, 5.41) is 12.0. The molecule has 1 aromatic carbocycles. The Morgan fingerprint density at radius 3 is 2.69 bits per heavy atom. The van der Waals surface area contributed by atoms with Crippen molar-refractivity contribution in [3.63, 3.8) is 0 Å². The van der Waals surface area contributed by atoms with Crippen LogP contribution in [0.4, 0.5) is 4.39 Å². The quantitative estimate of drug-likeness (QED) is 0.859. The van der Waals surface area contributed by atoms with Gasteiger partial charge in [-0.1, -0.05) is 17.3 Å². The van der Waals surface area contributed by atoms with E-state index < -0.39 is 12.4 Å². The van der Waals surface area contributed by atoms with Gasteiger partial charge in [0.15, 0.2) is 6.33 Å². The lowest BCUT2D eigenvalue weighted by atomic mass is 10.1. The van der Waals surface area contributed by atoms with Crippen molar-refractivity contribution >= 4 is 6.08 Å². The molecule has 1 N–H and O–H groups in total. The summed E-state index contributed by atoms with van der Waals surface area (Å²) in [6.07, 6.45) is 2.58. The van der Waals surface area contributed by atoms with Crippen molar-refractivity contribution in [2.75, 3.05) is 6.61 Å². The monoisotopic (exact) mass is 220 g/mol. The first-order valence-electron chi connectivity index (χ1n) is 4.63. The molecule has 0 saturated heterocycles. The Morgan fingerprint density at radius 1 is 1.38 bits per heavy atom. The molecule has 0 aliphatic heterocycles. The van der Waals surface area contributed by atoms with E-state index in [-0.39, 0.29) is 0 Å². The molecule has 0 fully saturated rings. The fourth-order valence-electron chi connectivity index (χ4n) is 1.25. The summed E-state index contributed by atoms with van der Waals surface area (Å²) in [4.78, 5) is 3.89. The van der Waals surface area contributed by atoms with Gasteiger partial charge >= 0.3 is 0 Å². The van der Waals surface area contributed by atoms with Crippen molar-refractivity contribution in [3.05, 3.63) is 42.0 Å². The lowest BCUT2D eigenvalue weighted by molar-refractivity contribution is 0.300. The number of aliphatic hydroxyl groups excluding tert-OH is 1. The highest BCUT2D eigenvalue weighted by Crippen LogP contribution is 2.17. The fourth-order valence-corrected chi connectivity index (χ4v) is 1.25. The SMILES string of the molecule is OC/C(F)=C/c1ccc(-c2ncno2)cc1. The first-order chi connectivity index (χ1) is 7.79. The van der Waals surface area contributed by atoms with Gasteiger partial charge in [0.05, 0.1) is 6.61 Å². The van der Waals surface area contributed by atoms with Crippen molar-refractivity contribution in [2.45, 2.75) is 0 Å². The minimum atomic E-state index is -0.592. The normalized spacial score (nSPS) is 11.8. The number of rotatable bonds is 3. The Hall–Kier alpha value is -2.01. The van der Waals surface area contributed by atoms with Crippen LogP contribution >= 0.6 is 0 Å². The summed E-state index contributed by atoms with van der Waals surface area (Å²) in [7, 11) is 0. The van der Waals surface area contributed by atoms with Crippen LogP contribution in [-0.2, 0) is 0 Å². The molecule has 0 bridgehead atoms. The molecular formula is C11H9FN2O2. The molecule has 1 heterocycles. The van der Waals surface area contributed by atoms with Gasteiger partial charge in [0.2, 0.25) is 0 Å². The van der Waals surface area contributed by atoms with E-state index in [1.807, 2.05) is 0 Å². The van der Waals surface area contributed by atoms with Crippen LogP contribution in [0.3, 0.4) is 0 Å². The maximum absolute atomic E-state index is 12.8. The highest BCUT2D eigenvalue weighted by molar-refractivity contribution is 5.59. The average molecular weight is 220 g/mol. The molecule has 16 heavy (non-hydrogen) atoms. The van der Waals surface area contributed by atoms with Crippen molar-refractivity contribution in [3.8, 4) is 11.5 Å². The third-order valence-corrected chi connectivity index (χ3v) is 1.99. The number of aliphatic hydroxyl groups is 1. The topological polar surface area (TPSA) is 59.2 Å². The molecule has 0 unspecified atom stereocenters. The Labute approximate surface area is 91.0 Å². The van der Waals surface area contributed by atoms with Crippen LogP contribution < -0.4 is 0 Å². The molecule has 0 aliphatic carbocycles. The summed E-state index contributed by atoms with van der Waals surface area (Å²) in [6.45, 7) is -0.592. The van der Waals surface area contributed by atoms with Crippen molar-refractivity contribution < 1.29 is 14.0 Å². The Bertz CT molecular complexity index is 477. The van der Waals surface area contributed by atoms with E-state index in [1.165, 1.54) is 12.4 Å². The summed E-state index contributed by atoms with van der Waals surface area (Å²) < 4.78 is 17.6. The molecule has 0 aliphatic rings. The number of hydrogen-bond acceptors (Lipinski definition) is 4. The van der Waals surface area contributed by atoms with Gasteiger partial charge in [0.1, 0.15) is 5.83 Å². The third-order valence-electron chi connectivity index (χ3n) is 1.99. The van der Waals surface area contributed by atoms with Gasteiger partial charge in [0.25, 0.3) is 5.89 Å². The number of aromatic nitrogens is 2. The van der Waals surface area contributed by atoms with E-state index in [9.17, 15) is 4.39 Å². The summed E-state index contributed by atoms with van der Waals surface area (Å²) in [5.74, 6) is -0.163. The van der Waals surface area contributed by atoms with Crippen LogP contribution in [0.5, 0.6) is 0 Å². The zero-order chi connectivity index (χ0) is 11.4. The van der Waals surface area contributed by atoms with Crippen LogP contribution in [0, 0.1) is 0 Å². The lowest BCUT2D eigenvalue weighted by Gasteiger charge is -1.96. The highest BCUT2D eigenvalue weighted by Gasteiger charge is 2.02. The molecule has 0 spiro atoms. The standard InChI is InChI=1S/C11H9FN2O2/c12-10(6-15)5-8-1-3-9(4-2-8)11-13-7-14-16-11/h1-5,7,15H,6H2/b10-5-. The molecule has 0 saturated carbocycles. The second-order valence-electron chi connectivity index (χ2n) is 3.12. The van der Waals surface area contributed by atoms with Crippen LogP contribution in [0.25, 0.3) is 17.5 Å². The average Bonchev–Trinajstić information content (AvgIpc) is 2.83. The molecule has 1 aromatic heterocycles. The van der Waals surface area contributed by atoms with Gasteiger partial charge in [-0.15, -0.1) is 0 Å². The third kappa shape index (κ3) is 2.32. The molecule has 82 valence electrons. The Morgan fingerprint density at radius 2 is 2.12 bits per heavy atom. The lowest BCUT2D eigenvalue weighted by Crippen LogP contribution is -1.83. The van der Waals surface area contributed by atoms with Crippen molar-refractivity contribution in [1.82, 2.24) is 10.1 Å². The maximum Gasteiger partial charge on any atom is 0.257 e. The summed E-state index contributed by atoms with van der Waals surface area (Å²) >= 11 is 0. The van der Waals surface area contributed by atoms with Gasteiger partial charge < -0.3 is 9.63 Å². The van der Waals surface area contributed by atoms with Crippen LogP contribution in [0.15, 0.2) is 40.9 Å². The van der Waals surface area contributed by atoms with Gasteiger partial charge in [-0.05, 0) is 23.8 Å². The minimum absolute atomic E-state index is 0.415. The largest absolute Gasteiger partial charge is 0.389 e. The molecule has 2 aromatic rings. The number of nitrogens with zero attached hydrogens (tertiary/aromatic N) is 2. The Kier molecular flexibility index (Phi) is 3.07. The zero-order valence-electron chi connectivity index (χ0n) is 8.30. The molecule has 0 radical (unpaired) electrons. The summed E-state index contributed by atoms with van der Waals surface area (Å²) in [6, 6.07) is 6.89. The zero-order valence-corrected chi connectivity index (χ0v) is 8.30. The minimum Gasteiger partial charge on any atom is -0.389 e. The molecule has 2 rings (SSSR count). The molecule has 0 amide bonds. The van der Waals surface area contributed by atoms with Gasteiger partial charge in [-0.25, -0.2) is 4.39 Å². The van der Waals surface area contributed by atoms with E-state index in [2.05, 4.69) is 10.1 Å². The molecule has 4 nitrogen and oxygen atoms in total. The van der Waals surface area contributed by atoms with Crippen molar-refractivity contribution in [2.24, 2.45) is 0 Å². The number of hydrogen-bond donors (Lipinski definition) is 1. The van der Waals surface area contributed by atoms with Crippen LogP contribution in [0.1, 0.15) is 5.56 Å². The van der Waals surface area contributed by atoms with E-state index in [1.54, 1.807) is 24.3 Å².